The summed E-state index contributed by atoms with van der Waals surface area (Å²) in [4.78, 5) is 34.2. The van der Waals surface area contributed by atoms with Crippen LogP contribution in [0.15, 0.2) is 42.9 Å². The van der Waals surface area contributed by atoms with Crippen molar-refractivity contribution in [2.24, 2.45) is 0 Å². The lowest BCUT2D eigenvalue weighted by Gasteiger charge is -2.27. The van der Waals surface area contributed by atoms with E-state index in [9.17, 15) is 9.59 Å². The van der Waals surface area contributed by atoms with E-state index in [1.165, 1.54) is 12.3 Å². The van der Waals surface area contributed by atoms with E-state index in [1.807, 2.05) is 32.9 Å². The normalized spacial score (nSPS) is 11.0. The molecule has 0 fully saturated rings. The number of rotatable bonds is 7. The van der Waals surface area contributed by atoms with Gasteiger partial charge in [-0.2, -0.15) is 0 Å². The Balaban J connectivity index is 1.90. The van der Waals surface area contributed by atoms with Gasteiger partial charge >= 0.3 is 6.09 Å². The van der Waals surface area contributed by atoms with Crippen LogP contribution < -0.4 is 5.32 Å². The summed E-state index contributed by atoms with van der Waals surface area (Å²) < 4.78 is 5.49. The lowest BCUT2D eigenvalue weighted by molar-refractivity contribution is 0.0232. The summed E-state index contributed by atoms with van der Waals surface area (Å²) in [6.07, 6.45) is 5.05. The zero-order valence-electron chi connectivity index (χ0n) is 16.3. The van der Waals surface area contributed by atoms with Crippen LogP contribution in [0.1, 0.15) is 43.1 Å². The van der Waals surface area contributed by atoms with E-state index in [0.717, 1.165) is 5.56 Å². The van der Waals surface area contributed by atoms with E-state index in [1.54, 1.807) is 23.4 Å². The maximum absolute atomic E-state index is 12.5. The van der Waals surface area contributed by atoms with Crippen LogP contribution in [-0.4, -0.2) is 45.6 Å². The monoisotopic (exact) mass is 404 g/mol. The number of halogens is 1. The molecule has 2 aromatic rings. The maximum Gasteiger partial charge on any atom is 0.410 e. The highest BCUT2D eigenvalue weighted by Crippen LogP contribution is 2.13. The van der Waals surface area contributed by atoms with Gasteiger partial charge in [0, 0.05) is 37.2 Å². The Morgan fingerprint density at radius 1 is 1.25 bits per heavy atom. The van der Waals surface area contributed by atoms with Crippen LogP contribution in [0.25, 0.3) is 0 Å². The molecule has 0 unspecified atom stereocenters. The molecule has 0 radical (unpaired) electrons. The molecule has 0 atom stereocenters. The van der Waals surface area contributed by atoms with Crippen molar-refractivity contribution in [2.75, 3.05) is 13.1 Å². The number of aromatic nitrogens is 2. The molecule has 2 heterocycles. The van der Waals surface area contributed by atoms with E-state index in [2.05, 4.69) is 15.3 Å². The second-order valence-electron chi connectivity index (χ2n) is 7.24. The lowest BCUT2D eigenvalue weighted by Crippen LogP contribution is -2.38. The first-order chi connectivity index (χ1) is 13.2. The fourth-order valence-corrected chi connectivity index (χ4v) is 2.56. The van der Waals surface area contributed by atoms with Crippen LogP contribution in [0.2, 0.25) is 5.15 Å². The van der Waals surface area contributed by atoms with E-state index in [0.29, 0.717) is 31.6 Å². The molecule has 1 N–H and O–H groups in total. The topological polar surface area (TPSA) is 84.4 Å². The van der Waals surface area contributed by atoms with E-state index < -0.39 is 11.7 Å². The fourth-order valence-electron chi connectivity index (χ4n) is 2.39. The molecular formula is C20H25ClN4O3. The second kappa shape index (κ2) is 10.0. The summed E-state index contributed by atoms with van der Waals surface area (Å²) in [5, 5.41) is 3.08. The smallest absolute Gasteiger partial charge is 0.410 e. The Kier molecular flexibility index (Phi) is 7.75. The first-order valence-corrected chi connectivity index (χ1v) is 9.39. The third-order valence-electron chi connectivity index (χ3n) is 3.63. The average molecular weight is 405 g/mol. The minimum Gasteiger partial charge on any atom is -0.444 e. The standard InChI is InChI=1S/C20H25ClN4O3/c1-20(2,3)28-19(27)25(14-15-6-4-8-22-13-15)11-5-9-24-18(26)16-7-10-23-17(21)12-16/h4,6-8,10,12-13H,5,9,11,14H2,1-3H3,(H,24,26). The van der Waals surface area contributed by atoms with Gasteiger partial charge in [0.15, 0.2) is 0 Å². The third-order valence-corrected chi connectivity index (χ3v) is 3.83. The Morgan fingerprint density at radius 3 is 2.68 bits per heavy atom. The quantitative estimate of drug-likeness (QED) is 0.562. The van der Waals surface area contributed by atoms with Gasteiger partial charge in [-0.15, -0.1) is 0 Å². The zero-order valence-corrected chi connectivity index (χ0v) is 17.1. The van der Waals surface area contributed by atoms with Crippen molar-refractivity contribution in [3.8, 4) is 0 Å². The number of ether oxygens (including phenoxy) is 1. The van der Waals surface area contributed by atoms with Crippen molar-refractivity contribution < 1.29 is 14.3 Å². The molecule has 0 bridgehead atoms. The number of hydrogen-bond acceptors (Lipinski definition) is 5. The highest BCUT2D eigenvalue weighted by atomic mass is 35.5. The first-order valence-electron chi connectivity index (χ1n) is 9.01. The minimum atomic E-state index is -0.584. The van der Waals surface area contributed by atoms with E-state index in [-0.39, 0.29) is 11.1 Å². The van der Waals surface area contributed by atoms with Crippen LogP contribution in [0.3, 0.4) is 0 Å². The largest absolute Gasteiger partial charge is 0.444 e. The molecule has 0 aliphatic carbocycles. The number of pyridine rings is 2. The molecular weight excluding hydrogens is 380 g/mol. The van der Waals surface area contributed by atoms with Gasteiger partial charge in [0.05, 0.1) is 6.54 Å². The highest BCUT2D eigenvalue weighted by Gasteiger charge is 2.22. The lowest BCUT2D eigenvalue weighted by atomic mass is 10.2. The molecule has 0 saturated heterocycles. The molecule has 8 heteroatoms. The van der Waals surface area contributed by atoms with Crippen LogP contribution in [0.5, 0.6) is 0 Å². The Bertz CT molecular complexity index is 794. The Hall–Kier alpha value is -2.67. The predicted octanol–water partition coefficient (Wildman–Crippen LogP) is 3.69. The van der Waals surface area contributed by atoms with Crippen LogP contribution >= 0.6 is 11.6 Å². The van der Waals surface area contributed by atoms with Gasteiger partial charge in [0.1, 0.15) is 10.8 Å². The number of nitrogens with zero attached hydrogens (tertiary/aromatic N) is 3. The van der Waals surface area contributed by atoms with Crippen LogP contribution in [0, 0.1) is 0 Å². The van der Waals surface area contributed by atoms with Crippen molar-refractivity contribution >= 4 is 23.6 Å². The Labute approximate surface area is 170 Å². The number of nitrogens with one attached hydrogen (secondary N) is 1. The number of amides is 2. The van der Waals surface area contributed by atoms with Crippen molar-refractivity contribution in [3.63, 3.8) is 0 Å². The van der Waals surface area contributed by atoms with Crippen molar-refractivity contribution in [1.82, 2.24) is 20.2 Å². The molecule has 150 valence electrons. The zero-order chi connectivity index (χ0) is 20.6. The molecule has 2 rings (SSSR count). The number of hydrogen-bond donors (Lipinski definition) is 1. The first kappa shape index (κ1) is 21.6. The van der Waals surface area contributed by atoms with Crippen LogP contribution in [0.4, 0.5) is 4.79 Å². The molecule has 7 nitrogen and oxygen atoms in total. The Morgan fingerprint density at radius 2 is 2.04 bits per heavy atom. The molecule has 0 spiro atoms. The van der Waals surface area contributed by atoms with Gasteiger partial charge in [-0.1, -0.05) is 17.7 Å². The van der Waals surface area contributed by atoms with Gasteiger partial charge in [0.2, 0.25) is 0 Å². The predicted molar refractivity (Wildman–Crippen MR) is 107 cm³/mol. The minimum absolute atomic E-state index is 0.236. The number of carbonyl (C=O) groups is 2. The van der Waals surface area contributed by atoms with Gasteiger partial charge < -0.3 is 15.0 Å². The molecule has 0 aromatic carbocycles. The maximum atomic E-state index is 12.5. The van der Waals surface area contributed by atoms with Crippen LogP contribution in [-0.2, 0) is 11.3 Å². The van der Waals surface area contributed by atoms with Crippen molar-refractivity contribution in [2.45, 2.75) is 39.3 Å². The highest BCUT2D eigenvalue weighted by molar-refractivity contribution is 6.29. The van der Waals surface area contributed by atoms with Crippen molar-refractivity contribution in [1.29, 1.82) is 0 Å². The second-order valence-corrected chi connectivity index (χ2v) is 7.63. The molecule has 0 aliphatic heterocycles. The van der Waals surface area contributed by atoms with Gasteiger partial charge in [-0.05, 0) is 51.0 Å². The van der Waals surface area contributed by atoms with Crippen molar-refractivity contribution in [3.05, 3.63) is 59.1 Å². The fraction of sp³-hybridized carbons (Fsp3) is 0.400. The summed E-state index contributed by atoms with van der Waals surface area (Å²) in [6, 6.07) is 6.82. The summed E-state index contributed by atoms with van der Waals surface area (Å²) in [5.74, 6) is -0.236. The van der Waals surface area contributed by atoms with Gasteiger partial charge in [-0.3, -0.25) is 9.78 Å². The summed E-state index contributed by atoms with van der Waals surface area (Å²) in [7, 11) is 0. The molecule has 2 amide bonds. The molecule has 28 heavy (non-hydrogen) atoms. The molecule has 0 aliphatic rings. The SMILES string of the molecule is CC(C)(C)OC(=O)N(CCCNC(=O)c1ccnc(Cl)c1)Cc1cccnc1. The number of carbonyl (C=O) groups excluding carboxylic acids is 2. The third kappa shape index (κ3) is 7.52. The summed E-state index contributed by atoms with van der Waals surface area (Å²) in [6.45, 7) is 6.70. The van der Waals surface area contributed by atoms with Gasteiger partial charge in [-0.25, -0.2) is 9.78 Å². The van der Waals surface area contributed by atoms with Gasteiger partial charge in [0.25, 0.3) is 5.91 Å². The molecule has 0 saturated carbocycles. The van der Waals surface area contributed by atoms with E-state index >= 15 is 0 Å². The summed E-state index contributed by atoms with van der Waals surface area (Å²) in [5.41, 5.74) is 0.766. The van der Waals surface area contributed by atoms with E-state index in [4.69, 9.17) is 16.3 Å². The molecule has 2 aromatic heterocycles. The summed E-state index contributed by atoms with van der Waals surface area (Å²) >= 11 is 5.80. The average Bonchev–Trinajstić information content (AvgIpc) is 2.63.